The summed E-state index contributed by atoms with van der Waals surface area (Å²) in [5.41, 5.74) is 0. The highest BCUT2D eigenvalue weighted by Gasteiger charge is 2.46. The molecule has 2 saturated carbocycles. The third-order valence-electron chi connectivity index (χ3n) is 3.82. The second-order valence-corrected chi connectivity index (χ2v) is 4.42. The normalized spacial score (nSPS) is 46.1. The van der Waals surface area contributed by atoms with Gasteiger partial charge in [0.15, 0.2) is 0 Å². The topological polar surface area (TPSA) is 37.3 Å². The summed E-state index contributed by atoms with van der Waals surface area (Å²) in [6, 6.07) is 0. The molecule has 4 atom stereocenters. The molecule has 68 valence electrons. The highest BCUT2D eigenvalue weighted by Crippen LogP contribution is 2.50. The van der Waals surface area contributed by atoms with Gasteiger partial charge in [-0.25, -0.2) is 0 Å². The molecule has 12 heavy (non-hydrogen) atoms. The Balaban J connectivity index is 2.14. The molecule has 0 radical (unpaired) electrons. The SMILES string of the molecule is C[C@@H]1C[C@@H](C(=O)O)[C@H]2CCC[C@@H]21. The number of fused-ring (bicyclic) bond motifs is 1. The maximum Gasteiger partial charge on any atom is 0.306 e. The third kappa shape index (κ3) is 1.05. The van der Waals surface area contributed by atoms with Crippen LogP contribution < -0.4 is 0 Å². The van der Waals surface area contributed by atoms with Gasteiger partial charge in [0.25, 0.3) is 0 Å². The molecule has 0 amide bonds. The zero-order valence-electron chi connectivity index (χ0n) is 7.49. The largest absolute Gasteiger partial charge is 0.481 e. The number of carboxylic acid groups (broad SMARTS) is 1. The summed E-state index contributed by atoms with van der Waals surface area (Å²) in [6.07, 6.45) is 4.61. The fourth-order valence-corrected chi connectivity index (χ4v) is 3.26. The predicted molar refractivity (Wildman–Crippen MR) is 45.7 cm³/mol. The Morgan fingerprint density at radius 2 is 2.00 bits per heavy atom. The molecule has 2 nitrogen and oxygen atoms in total. The van der Waals surface area contributed by atoms with Crippen molar-refractivity contribution in [3.8, 4) is 0 Å². The first-order valence-electron chi connectivity index (χ1n) is 4.93. The van der Waals surface area contributed by atoms with Crippen LogP contribution in [-0.2, 0) is 4.79 Å². The number of hydrogen-bond acceptors (Lipinski definition) is 1. The first-order valence-corrected chi connectivity index (χ1v) is 4.93. The lowest BCUT2D eigenvalue weighted by Crippen LogP contribution is -2.18. The molecule has 0 spiro atoms. The van der Waals surface area contributed by atoms with Gasteiger partial charge >= 0.3 is 5.97 Å². The van der Waals surface area contributed by atoms with Gasteiger partial charge < -0.3 is 5.11 Å². The minimum absolute atomic E-state index is 0.0208. The molecule has 2 aliphatic carbocycles. The lowest BCUT2D eigenvalue weighted by Gasteiger charge is -2.14. The molecular weight excluding hydrogens is 152 g/mol. The summed E-state index contributed by atoms with van der Waals surface area (Å²) in [5, 5.41) is 8.98. The van der Waals surface area contributed by atoms with Gasteiger partial charge in [-0.3, -0.25) is 4.79 Å². The van der Waals surface area contributed by atoms with E-state index in [0.717, 1.165) is 18.8 Å². The number of rotatable bonds is 1. The molecule has 2 rings (SSSR count). The Morgan fingerprint density at radius 3 is 2.67 bits per heavy atom. The summed E-state index contributed by atoms with van der Waals surface area (Å²) < 4.78 is 0. The molecule has 0 aromatic carbocycles. The molecule has 0 aromatic rings. The fraction of sp³-hybridized carbons (Fsp3) is 0.900. The van der Waals surface area contributed by atoms with Gasteiger partial charge in [0.05, 0.1) is 5.92 Å². The van der Waals surface area contributed by atoms with Gasteiger partial charge in [-0.2, -0.15) is 0 Å². The lowest BCUT2D eigenvalue weighted by atomic mass is 9.91. The molecule has 2 fully saturated rings. The van der Waals surface area contributed by atoms with Gasteiger partial charge in [0, 0.05) is 0 Å². The van der Waals surface area contributed by atoms with Crippen LogP contribution in [0.3, 0.4) is 0 Å². The molecule has 2 heteroatoms. The Hall–Kier alpha value is -0.530. The van der Waals surface area contributed by atoms with Crippen molar-refractivity contribution in [3.63, 3.8) is 0 Å². The van der Waals surface area contributed by atoms with E-state index in [1.807, 2.05) is 0 Å². The highest BCUT2D eigenvalue weighted by molar-refractivity contribution is 5.71. The Morgan fingerprint density at radius 1 is 1.33 bits per heavy atom. The van der Waals surface area contributed by atoms with Crippen LogP contribution >= 0.6 is 0 Å². The van der Waals surface area contributed by atoms with Crippen molar-refractivity contribution >= 4 is 5.97 Å². The summed E-state index contributed by atoms with van der Waals surface area (Å²) >= 11 is 0. The summed E-state index contributed by atoms with van der Waals surface area (Å²) in [7, 11) is 0. The first kappa shape index (κ1) is 8.09. The van der Waals surface area contributed by atoms with Crippen LogP contribution in [0.5, 0.6) is 0 Å². The molecule has 0 bridgehead atoms. The molecule has 0 unspecified atom stereocenters. The summed E-state index contributed by atoms with van der Waals surface area (Å²) in [6.45, 7) is 2.21. The van der Waals surface area contributed by atoms with Crippen molar-refractivity contribution in [3.05, 3.63) is 0 Å². The number of carbonyl (C=O) groups is 1. The van der Waals surface area contributed by atoms with Crippen LogP contribution in [0.4, 0.5) is 0 Å². The third-order valence-corrected chi connectivity index (χ3v) is 3.82. The fourth-order valence-electron chi connectivity index (χ4n) is 3.26. The van der Waals surface area contributed by atoms with Crippen LogP contribution in [0.1, 0.15) is 32.6 Å². The lowest BCUT2D eigenvalue weighted by molar-refractivity contribution is -0.143. The molecule has 0 saturated heterocycles. The summed E-state index contributed by atoms with van der Waals surface area (Å²) in [4.78, 5) is 10.9. The number of aliphatic carboxylic acids is 1. The van der Waals surface area contributed by atoms with Gasteiger partial charge in [-0.05, 0) is 37.0 Å². The highest BCUT2D eigenvalue weighted by atomic mass is 16.4. The minimum Gasteiger partial charge on any atom is -0.481 e. The van der Waals surface area contributed by atoms with E-state index >= 15 is 0 Å². The zero-order valence-corrected chi connectivity index (χ0v) is 7.49. The molecule has 2 aliphatic rings. The van der Waals surface area contributed by atoms with E-state index in [2.05, 4.69) is 6.92 Å². The smallest absolute Gasteiger partial charge is 0.306 e. The Labute approximate surface area is 73.0 Å². The predicted octanol–water partition coefficient (Wildman–Crippen LogP) is 2.14. The summed E-state index contributed by atoms with van der Waals surface area (Å²) in [5.74, 6) is 1.31. The van der Waals surface area contributed by atoms with E-state index in [1.54, 1.807) is 0 Å². The van der Waals surface area contributed by atoms with Crippen LogP contribution in [0.25, 0.3) is 0 Å². The van der Waals surface area contributed by atoms with Crippen molar-refractivity contribution < 1.29 is 9.90 Å². The zero-order chi connectivity index (χ0) is 8.72. The van der Waals surface area contributed by atoms with Gasteiger partial charge in [0.1, 0.15) is 0 Å². The van der Waals surface area contributed by atoms with Crippen molar-refractivity contribution in [2.75, 3.05) is 0 Å². The minimum atomic E-state index is -0.559. The van der Waals surface area contributed by atoms with Crippen LogP contribution in [-0.4, -0.2) is 11.1 Å². The van der Waals surface area contributed by atoms with Crippen molar-refractivity contribution in [1.82, 2.24) is 0 Å². The first-order chi connectivity index (χ1) is 5.70. The van der Waals surface area contributed by atoms with E-state index in [-0.39, 0.29) is 5.92 Å². The quantitative estimate of drug-likeness (QED) is 0.651. The van der Waals surface area contributed by atoms with Gasteiger partial charge in [-0.1, -0.05) is 13.3 Å². The standard InChI is InChI=1S/C10H16O2/c1-6-5-9(10(11)12)8-4-2-3-7(6)8/h6-9H,2-5H2,1H3,(H,11,12)/t6-,7-,8+,9-/m1/s1. The Kier molecular flexibility index (Phi) is 1.85. The maximum absolute atomic E-state index is 10.9. The number of carboxylic acids is 1. The molecule has 0 aromatic heterocycles. The molecule has 0 heterocycles. The average molecular weight is 168 g/mol. The van der Waals surface area contributed by atoms with E-state index in [9.17, 15) is 4.79 Å². The van der Waals surface area contributed by atoms with E-state index in [1.165, 1.54) is 12.8 Å². The maximum atomic E-state index is 10.9. The van der Waals surface area contributed by atoms with E-state index in [4.69, 9.17) is 5.11 Å². The van der Waals surface area contributed by atoms with Crippen LogP contribution in [0.15, 0.2) is 0 Å². The van der Waals surface area contributed by atoms with Crippen molar-refractivity contribution in [2.24, 2.45) is 23.7 Å². The van der Waals surface area contributed by atoms with Crippen molar-refractivity contribution in [2.45, 2.75) is 32.6 Å². The molecular formula is C10H16O2. The number of hydrogen-bond donors (Lipinski definition) is 1. The van der Waals surface area contributed by atoms with E-state index in [0.29, 0.717) is 11.8 Å². The van der Waals surface area contributed by atoms with Crippen molar-refractivity contribution in [1.29, 1.82) is 0 Å². The monoisotopic (exact) mass is 168 g/mol. The second-order valence-electron chi connectivity index (χ2n) is 4.42. The second kappa shape index (κ2) is 2.75. The van der Waals surface area contributed by atoms with Gasteiger partial charge in [-0.15, -0.1) is 0 Å². The van der Waals surface area contributed by atoms with Crippen LogP contribution in [0, 0.1) is 23.7 Å². The van der Waals surface area contributed by atoms with E-state index < -0.39 is 5.97 Å². The molecule has 1 N–H and O–H groups in total. The van der Waals surface area contributed by atoms with Crippen LogP contribution in [0.2, 0.25) is 0 Å². The van der Waals surface area contributed by atoms with Gasteiger partial charge in [0.2, 0.25) is 0 Å². The Bertz CT molecular complexity index is 200. The molecule has 0 aliphatic heterocycles. The average Bonchev–Trinajstić information content (AvgIpc) is 2.53.